The molecule has 1 aromatic heterocycles. The van der Waals surface area contributed by atoms with Gasteiger partial charge in [-0.25, -0.2) is 10.4 Å². The molecule has 10 heteroatoms. The summed E-state index contributed by atoms with van der Waals surface area (Å²) in [7, 11) is 0. The molecule has 0 spiro atoms. The zero-order chi connectivity index (χ0) is 21.4. The van der Waals surface area contributed by atoms with E-state index < -0.39 is 30.3 Å². The number of hydrogen-bond acceptors (Lipinski definition) is 6. The average Bonchev–Trinajstić information content (AvgIpc) is 3.28. The van der Waals surface area contributed by atoms with Crippen LogP contribution in [-0.4, -0.2) is 55.3 Å². The molecule has 1 aliphatic heterocycles. The molecule has 4 N–H and O–H groups in total. The Morgan fingerprint density at radius 2 is 2.03 bits per heavy atom. The van der Waals surface area contributed by atoms with Gasteiger partial charge in [-0.05, 0) is 24.1 Å². The molecular formula is C20H22ClN5O4. The molecule has 2 heterocycles. The van der Waals surface area contributed by atoms with Crippen LogP contribution in [-0.2, 0) is 11.2 Å². The highest BCUT2D eigenvalue weighted by molar-refractivity contribution is 6.30. The monoisotopic (exact) mass is 431 g/mol. The van der Waals surface area contributed by atoms with Crippen LogP contribution in [0, 0.1) is 5.92 Å². The molecule has 1 aromatic carbocycles. The zero-order valence-electron chi connectivity index (χ0n) is 16.2. The molecule has 0 bridgehead atoms. The highest BCUT2D eigenvalue weighted by atomic mass is 35.5. The van der Waals surface area contributed by atoms with E-state index in [4.69, 9.17) is 11.6 Å². The van der Waals surface area contributed by atoms with E-state index in [1.54, 1.807) is 41.4 Å². The topological polar surface area (TPSA) is 132 Å². The number of fused-ring (bicyclic) bond motifs is 1. The lowest BCUT2D eigenvalue weighted by Crippen LogP contribution is -2.32. The van der Waals surface area contributed by atoms with Gasteiger partial charge in [-0.2, -0.15) is 10.2 Å². The maximum atomic E-state index is 11.1. The van der Waals surface area contributed by atoms with Crippen LogP contribution in [0.5, 0.6) is 0 Å². The number of aliphatic hydroxyl groups excluding tert-OH is 3. The van der Waals surface area contributed by atoms with E-state index in [2.05, 4.69) is 20.6 Å². The number of amides is 1. The Morgan fingerprint density at radius 3 is 2.73 bits per heavy atom. The van der Waals surface area contributed by atoms with Crippen molar-refractivity contribution in [2.75, 3.05) is 0 Å². The fourth-order valence-corrected chi connectivity index (χ4v) is 4.20. The summed E-state index contributed by atoms with van der Waals surface area (Å²) in [6.45, 7) is 1.35. The van der Waals surface area contributed by atoms with E-state index in [-0.39, 0.29) is 5.91 Å². The first kappa shape index (κ1) is 20.7. The van der Waals surface area contributed by atoms with E-state index in [9.17, 15) is 20.1 Å². The smallest absolute Gasteiger partial charge is 0.237 e. The van der Waals surface area contributed by atoms with Gasteiger partial charge in [0.1, 0.15) is 6.10 Å². The number of hydrogen-bond donors (Lipinski definition) is 4. The predicted molar refractivity (Wildman–Crippen MR) is 110 cm³/mol. The van der Waals surface area contributed by atoms with Gasteiger partial charge >= 0.3 is 0 Å². The number of aliphatic hydroxyl groups is 3. The van der Waals surface area contributed by atoms with Gasteiger partial charge in [-0.3, -0.25) is 9.48 Å². The van der Waals surface area contributed by atoms with Crippen molar-refractivity contribution in [3.8, 4) is 0 Å². The fraction of sp³-hybridized carbons (Fsp3) is 0.400. The van der Waals surface area contributed by atoms with E-state index in [1.165, 1.54) is 6.92 Å². The minimum atomic E-state index is -1.12. The number of nitrogens with one attached hydrogen (secondary N) is 1. The Kier molecular flexibility index (Phi) is 5.70. The minimum Gasteiger partial charge on any atom is -0.390 e. The molecule has 30 heavy (non-hydrogen) atoms. The van der Waals surface area contributed by atoms with Crippen LogP contribution in [0.4, 0.5) is 0 Å². The highest BCUT2D eigenvalue weighted by Crippen LogP contribution is 2.42. The van der Waals surface area contributed by atoms with Crippen molar-refractivity contribution in [1.82, 2.24) is 15.2 Å². The lowest BCUT2D eigenvalue weighted by Gasteiger charge is -2.22. The first-order chi connectivity index (χ1) is 14.4. The highest BCUT2D eigenvalue weighted by Gasteiger charge is 2.47. The second-order valence-electron chi connectivity index (χ2n) is 7.51. The van der Waals surface area contributed by atoms with Crippen LogP contribution in [0.1, 0.15) is 42.3 Å². The quantitative estimate of drug-likeness (QED) is 0.535. The molecule has 0 radical (unpaired) electrons. The third kappa shape index (κ3) is 3.77. The number of aliphatic imine (C=N–C) groups is 1. The molecule has 4 rings (SSSR count). The Bertz CT molecular complexity index is 1000. The molecule has 5 atom stereocenters. The van der Waals surface area contributed by atoms with Crippen LogP contribution < -0.4 is 5.43 Å². The average molecular weight is 432 g/mol. The van der Waals surface area contributed by atoms with Crippen molar-refractivity contribution in [3.63, 3.8) is 0 Å². The van der Waals surface area contributed by atoms with Crippen LogP contribution in [0.3, 0.4) is 0 Å². The zero-order valence-corrected chi connectivity index (χ0v) is 16.9. The van der Waals surface area contributed by atoms with Gasteiger partial charge in [-0.1, -0.05) is 23.7 Å². The molecule has 2 aromatic rings. The summed E-state index contributed by atoms with van der Waals surface area (Å²) in [4.78, 5) is 15.3. The summed E-state index contributed by atoms with van der Waals surface area (Å²) in [6.07, 6.45) is 0.851. The Morgan fingerprint density at radius 1 is 1.30 bits per heavy atom. The number of rotatable bonds is 4. The van der Waals surface area contributed by atoms with Crippen molar-refractivity contribution in [2.24, 2.45) is 16.0 Å². The van der Waals surface area contributed by atoms with Crippen molar-refractivity contribution in [1.29, 1.82) is 0 Å². The van der Waals surface area contributed by atoms with Crippen molar-refractivity contribution >= 4 is 29.6 Å². The molecule has 1 saturated carbocycles. The van der Waals surface area contributed by atoms with Crippen LogP contribution >= 0.6 is 11.6 Å². The molecular weight excluding hydrogens is 410 g/mol. The summed E-state index contributed by atoms with van der Waals surface area (Å²) in [6, 6.07) is 6.24. The minimum absolute atomic E-state index is 0.314. The van der Waals surface area contributed by atoms with E-state index >= 15 is 0 Å². The summed E-state index contributed by atoms with van der Waals surface area (Å²) in [5.74, 6) is -0.565. The first-order valence-corrected chi connectivity index (χ1v) is 9.98. The number of carbonyl (C=O) groups is 1. The molecule has 0 saturated heterocycles. The van der Waals surface area contributed by atoms with Crippen LogP contribution in [0.25, 0.3) is 0 Å². The van der Waals surface area contributed by atoms with Gasteiger partial charge < -0.3 is 15.3 Å². The van der Waals surface area contributed by atoms with E-state index in [0.717, 1.165) is 5.69 Å². The molecule has 9 nitrogen and oxygen atoms in total. The number of nitrogens with zero attached hydrogens (tertiary/aromatic N) is 4. The fourth-order valence-electron chi connectivity index (χ4n) is 4.08. The number of carbonyl (C=O) groups excluding carboxylic acids is 1. The first-order valence-electron chi connectivity index (χ1n) is 9.60. The number of halogens is 1. The summed E-state index contributed by atoms with van der Waals surface area (Å²) < 4.78 is 1.66. The molecule has 1 amide bonds. The summed E-state index contributed by atoms with van der Waals surface area (Å²) >= 11 is 5.91. The molecule has 1 fully saturated rings. The number of amidine groups is 1. The number of hydrazone groups is 1. The van der Waals surface area contributed by atoms with E-state index in [1.807, 2.05) is 0 Å². The summed E-state index contributed by atoms with van der Waals surface area (Å²) in [5.41, 5.74) is 4.40. The van der Waals surface area contributed by atoms with Crippen LogP contribution in [0.15, 0.2) is 40.6 Å². The van der Waals surface area contributed by atoms with E-state index in [0.29, 0.717) is 34.8 Å². The second kappa shape index (κ2) is 8.27. The van der Waals surface area contributed by atoms with Gasteiger partial charge in [0.15, 0.2) is 5.84 Å². The lowest BCUT2D eigenvalue weighted by atomic mass is 9.92. The largest absolute Gasteiger partial charge is 0.390 e. The normalized spacial score (nSPS) is 27.8. The molecule has 0 unspecified atom stereocenters. The van der Waals surface area contributed by atoms with Crippen molar-refractivity contribution in [2.45, 2.75) is 44.1 Å². The summed E-state index contributed by atoms with van der Waals surface area (Å²) in [5, 5.41) is 41.1. The Balaban J connectivity index is 1.59. The third-order valence-corrected chi connectivity index (χ3v) is 5.84. The molecule has 2 aliphatic rings. The molecule has 1 aliphatic carbocycles. The van der Waals surface area contributed by atoms with Crippen LogP contribution in [0.2, 0.25) is 5.02 Å². The van der Waals surface area contributed by atoms with Gasteiger partial charge in [0.2, 0.25) is 5.91 Å². The third-order valence-electron chi connectivity index (χ3n) is 5.58. The standard InChI is InChI=1S/C20H22ClN5O4/c1-10(27)24-25-20-14-9-23-26(15(14)6-7-22-20)16-8-13(18(29)19(16)30)17(28)11-2-4-12(21)5-3-11/h2-5,7,9,13,16-19,28-30H,6,8H2,1H3,(H,24,27)/b25-20+/t13-,16-,17-,18-,19+/m1/s1. The second-order valence-corrected chi connectivity index (χ2v) is 7.95. The Labute approximate surface area is 177 Å². The molecule has 158 valence electrons. The lowest BCUT2D eigenvalue weighted by molar-refractivity contribution is -0.118. The van der Waals surface area contributed by atoms with Gasteiger partial charge in [0, 0.05) is 30.5 Å². The van der Waals surface area contributed by atoms with Gasteiger partial charge in [0.05, 0.1) is 35.7 Å². The van der Waals surface area contributed by atoms with Gasteiger partial charge in [-0.15, -0.1) is 0 Å². The number of aromatic nitrogens is 2. The SMILES string of the molecule is CC(=O)N/N=C1/N=CCc2c1cnn2[C@@H]1C[C@H]([C@H](O)c2ccc(Cl)cc2)[C@@H](O)[C@H]1O. The number of benzene rings is 1. The van der Waals surface area contributed by atoms with Crippen molar-refractivity contribution in [3.05, 3.63) is 52.3 Å². The maximum Gasteiger partial charge on any atom is 0.237 e. The van der Waals surface area contributed by atoms with Gasteiger partial charge in [0.25, 0.3) is 0 Å². The predicted octanol–water partition coefficient (Wildman–Crippen LogP) is 0.977. The van der Waals surface area contributed by atoms with Crippen molar-refractivity contribution < 1.29 is 20.1 Å². The maximum absolute atomic E-state index is 11.1. The Hall–Kier alpha value is -2.59.